The van der Waals surface area contributed by atoms with E-state index in [1.807, 2.05) is 13.8 Å². The number of ether oxygens (including phenoxy) is 6. The average Bonchev–Trinajstić information content (AvgIpc) is 3.15. The number of carbonyl (C=O) groups excluding carboxylic acids is 2. The van der Waals surface area contributed by atoms with Crippen LogP contribution in [0.3, 0.4) is 0 Å². The molecular weight excluding hydrogens is 508 g/mol. The van der Waals surface area contributed by atoms with Gasteiger partial charge in [-0.1, -0.05) is 41.5 Å². The van der Waals surface area contributed by atoms with Crippen LogP contribution >= 0.6 is 11.8 Å². The van der Waals surface area contributed by atoms with Gasteiger partial charge in [-0.2, -0.15) is 0 Å². The first-order valence-electron chi connectivity index (χ1n) is 12.2. The Labute approximate surface area is 220 Å². The third-order valence-electron chi connectivity index (χ3n) is 5.18. The normalized spacial score (nSPS) is 21.6. The summed E-state index contributed by atoms with van der Waals surface area (Å²) in [4.78, 5) is 50.1. The number of aromatic nitrogens is 2. The van der Waals surface area contributed by atoms with Crippen LogP contribution in [-0.2, 0) is 38.0 Å². The predicted molar refractivity (Wildman–Crippen MR) is 135 cm³/mol. The van der Waals surface area contributed by atoms with E-state index in [1.54, 1.807) is 27.7 Å². The summed E-state index contributed by atoms with van der Waals surface area (Å²) in [5.41, 5.74) is -1.14. The van der Waals surface area contributed by atoms with Crippen molar-refractivity contribution < 1.29 is 38.0 Å². The number of hydrogen-bond donors (Lipinski definition) is 1. The molecule has 1 aromatic rings. The number of thioether (sulfide) groups is 1. The van der Waals surface area contributed by atoms with Gasteiger partial charge in [0, 0.05) is 12.3 Å². The molecule has 210 valence electrons. The van der Waals surface area contributed by atoms with E-state index in [-0.39, 0.29) is 44.7 Å². The van der Waals surface area contributed by atoms with Gasteiger partial charge in [-0.3, -0.25) is 23.9 Å². The molecule has 0 spiro atoms. The monoisotopic (exact) mass is 546 g/mol. The molecule has 2 unspecified atom stereocenters. The van der Waals surface area contributed by atoms with Gasteiger partial charge < -0.3 is 28.4 Å². The molecule has 2 rings (SSSR count). The molecule has 2 heterocycles. The number of H-pyrrole nitrogens is 1. The highest BCUT2D eigenvalue weighted by Gasteiger charge is 2.47. The molecule has 0 aromatic carbocycles. The van der Waals surface area contributed by atoms with Crippen molar-refractivity contribution in [1.29, 1.82) is 0 Å². The standard InChI is InChI=1S/C24H38N2O10S/c1-14(2)9-31-11-33-20-19(34-13-36-23(29)16(5)6)17(10-32-12-35-22(28)15(3)4)37-21(20)26-8-7-18(27)25-24(26)30/h7-8,14-17,19-21H,9-13H2,1-6H3,(H,25,27,30)/t17-,19?,20?,21-/m1/s1. The quantitative estimate of drug-likeness (QED) is 0.196. The Hall–Kier alpha value is -2.19. The van der Waals surface area contributed by atoms with Crippen LogP contribution in [0.1, 0.15) is 46.9 Å². The van der Waals surface area contributed by atoms with Crippen LogP contribution in [0.2, 0.25) is 0 Å². The molecule has 0 bridgehead atoms. The van der Waals surface area contributed by atoms with Crippen molar-refractivity contribution in [2.75, 3.05) is 33.6 Å². The van der Waals surface area contributed by atoms with Crippen LogP contribution in [0.4, 0.5) is 0 Å². The maximum absolute atomic E-state index is 12.6. The first-order valence-corrected chi connectivity index (χ1v) is 13.1. The maximum Gasteiger partial charge on any atom is 0.329 e. The number of esters is 2. The van der Waals surface area contributed by atoms with E-state index in [0.29, 0.717) is 6.61 Å². The van der Waals surface area contributed by atoms with Gasteiger partial charge in [0.15, 0.2) is 13.6 Å². The zero-order chi connectivity index (χ0) is 27.5. The highest BCUT2D eigenvalue weighted by Crippen LogP contribution is 2.44. The molecule has 0 saturated carbocycles. The number of nitrogens with one attached hydrogen (secondary N) is 1. The summed E-state index contributed by atoms with van der Waals surface area (Å²) in [5.74, 6) is -1.16. The fourth-order valence-electron chi connectivity index (χ4n) is 3.25. The van der Waals surface area contributed by atoms with Gasteiger partial charge in [0.05, 0.1) is 30.3 Å². The Morgan fingerprint density at radius 1 is 0.919 bits per heavy atom. The minimum Gasteiger partial charge on any atom is -0.438 e. The number of carbonyl (C=O) groups is 2. The zero-order valence-corrected chi connectivity index (χ0v) is 23.0. The first kappa shape index (κ1) is 31.0. The maximum atomic E-state index is 12.6. The second-order valence-electron chi connectivity index (χ2n) is 9.57. The van der Waals surface area contributed by atoms with Crippen molar-refractivity contribution in [3.05, 3.63) is 33.1 Å². The van der Waals surface area contributed by atoms with Gasteiger partial charge >= 0.3 is 17.6 Å². The van der Waals surface area contributed by atoms with Crippen molar-refractivity contribution in [1.82, 2.24) is 9.55 Å². The molecule has 1 aromatic heterocycles. The average molecular weight is 547 g/mol. The lowest BCUT2D eigenvalue weighted by Gasteiger charge is -2.26. The van der Waals surface area contributed by atoms with Gasteiger partial charge in [-0.05, 0) is 5.92 Å². The van der Waals surface area contributed by atoms with E-state index in [0.717, 1.165) is 0 Å². The minimum atomic E-state index is -0.731. The second-order valence-corrected chi connectivity index (χ2v) is 10.9. The molecule has 1 aliphatic heterocycles. The van der Waals surface area contributed by atoms with Crippen molar-refractivity contribution >= 4 is 23.7 Å². The molecule has 1 fully saturated rings. The Balaban J connectivity index is 2.22. The SMILES string of the molecule is CC(C)COCOC1C(OCOC(=O)C(C)C)[C@@H](COCOC(=O)C(C)C)S[C@H]1n1ccc(=O)[nH]c1=O. The van der Waals surface area contributed by atoms with Crippen molar-refractivity contribution in [3.63, 3.8) is 0 Å². The molecule has 0 radical (unpaired) electrons. The lowest BCUT2D eigenvalue weighted by atomic mass is 10.1. The molecule has 12 nitrogen and oxygen atoms in total. The van der Waals surface area contributed by atoms with E-state index in [2.05, 4.69) is 4.98 Å². The number of rotatable bonds is 15. The fraction of sp³-hybridized carbons (Fsp3) is 0.750. The van der Waals surface area contributed by atoms with E-state index in [4.69, 9.17) is 28.4 Å². The fourth-order valence-corrected chi connectivity index (χ4v) is 4.86. The third kappa shape index (κ3) is 9.89. The summed E-state index contributed by atoms with van der Waals surface area (Å²) in [6.45, 7) is 10.7. The smallest absolute Gasteiger partial charge is 0.329 e. The van der Waals surface area contributed by atoms with E-state index in [9.17, 15) is 19.2 Å². The first-order chi connectivity index (χ1) is 17.5. The Morgan fingerprint density at radius 2 is 1.54 bits per heavy atom. The summed E-state index contributed by atoms with van der Waals surface area (Å²) in [6, 6.07) is 1.24. The highest BCUT2D eigenvalue weighted by molar-refractivity contribution is 8.00. The van der Waals surface area contributed by atoms with Crippen molar-refractivity contribution in [2.24, 2.45) is 17.8 Å². The van der Waals surface area contributed by atoms with Crippen LogP contribution < -0.4 is 11.2 Å². The largest absolute Gasteiger partial charge is 0.438 e. The third-order valence-corrected chi connectivity index (χ3v) is 6.71. The Morgan fingerprint density at radius 3 is 2.14 bits per heavy atom. The summed E-state index contributed by atoms with van der Waals surface area (Å²) < 4.78 is 34.8. The van der Waals surface area contributed by atoms with Gasteiger partial charge in [0.1, 0.15) is 24.4 Å². The van der Waals surface area contributed by atoms with Crippen molar-refractivity contribution in [2.45, 2.75) is 64.4 Å². The van der Waals surface area contributed by atoms with Gasteiger partial charge in [-0.15, -0.1) is 11.8 Å². The number of aromatic amines is 1. The lowest BCUT2D eigenvalue weighted by molar-refractivity contribution is -0.185. The van der Waals surface area contributed by atoms with Crippen molar-refractivity contribution in [3.8, 4) is 0 Å². The van der Waals surface area contributed by atoms with E-state index >= 15 is 0 Å². The summed E-state index contributed by atoms with van der Waals surface area (Å²) in [6.07, 6.45) is -0.0456. The van der Waals surface area contributed by atoms with E-state index < -0.39 is 46.0 Å². The van der Waals surface area contributed by atoms with Crippen LogP contribution in [0.25, 0.3) is 0 Å². The minimum absolute atomic E-state index is 0.0662. The summed E-state index contributed by atoms with van der Waals surface area (Å²) >= 11 is 1.32. The number of hydrogen-bond acceptors (Lipinski definition) is 11. The van der Waals surface area contributed by atoms with Crippen LogP contribution in [0.15, 0.2) is 21.9 Å². The lowest BCUT2D eigenvalue weighted by Crippen LogP contribution is -2.41. The molecule has 0 aliphatic carbocycles. The molecule has 37 heavy (non-hydrogen) atoms. The summed E-state index contributed by atoms with van der Waals surface area (Å²) in [7, 11) is 0. The molecule has 1 N–H and O–H groups in total. The van der Waals surface area contributed by atoms with Gasteiger partial charge in [-0.25, -0.2) is 4.79 Å². The predicted octanol–water partition coefficient (Wildman–Crippen LogP) is 1.88. The summed E-state index contributed by atoms with van der Waals surface area (Å²) in [5, 5.41) is -1.03. The van der Waals surface area contributed by atoms with Crippen LogP contribution in [0.5, 0.6) is 0 Å². The Kier molecular flexibility index (Phi) is 12.8. The zero-order valence-electron chi connectivity index (χ0n) is 22.2. The van der Waals surface area contributed by atoms with Gasteiger partial charge in [0.25, 0.3) is 5.56 Å². The molecule has 1 saturated heterocycles. The van der Waals surface area contributed by atoms with E-state index in [1.165, 1.54) is 28.6 Å². The molecule has 1 aliphatic rings. The highest BCUT2D eigenvalue weighted by atomic mass is 32.2. The molecular formula is C24H38N2O10S. The Bertz CT molecular complexity index is 977. The second kappa shape index (κ2) is 15.3. The molecule has 13 heteroatoms. The number of nitrogens with zero attached hydrogens (tertiary/aromatic N) is 1. The van der Waals surface area contributed by atoms with Crippen LogP contribution in [0, 0.1) is 17.8 Å². The topological polar surface area (TPSA) is 144 Å². The van der Waals surface area contributed by atoms with Gasteiger partial charge in [0.2, 0.25) is 0 Å². The molecule has 4 atom stereocenters. The van der Waals surface area contributed by atoms with Crippen LogP contribution in [-0.4, -0.2) is 72.5 Å². The molecule has 0 amide bonds.